The third-order valence-corrected chi connectivity index (χ3v) is 3.63. The summed E-state index contributed by atoms with van der Waals surface area (Å²) in [5, 5.41) is 14.8. The van der Waals surface area contributed by atoms with Gasteiger partial charge in [0.1, 0.15) is 6.61 Å². The standard InChI is InChI=1S/C19H16ClN3O5/c1-3-9-28-18-16(20)10-13(11-17(18)27-4-2)12-21-22-19(24)14-5-7-15(8-6-14)23(25)26/h1,5-8,10-12H,4,9H2,2H3,(H,22,24)/b21-12-. The van der Waals surface area contributed by atoms with E-state index in [0.29, 0.717) is 23.7 Å². The minimum absolute atomic E-state index is 0.0402. The molecule has 28 heavy (non-hydrogen) atoms. The number of carbonyl (C=O) groups excluding carboxylic acids is 1. The normalized spacial score (nSPS) is 10.3. The lowest BCUT2D eigenvalue weighted by molar-refractivity contribution is -0.384. The summed E-state index contributed by atoms with van der Waals surface area (Å²) in [6.07, 6.45) is 6.57. The summed E-state index contributed by atoms with van der Waals surface area (Å²) in [5.74, 6) is 2.56. The van der Waals surface area contributed by atoms with Gasteiger partial charge in [0.25, 0.3) is 11.6 Å². The number of non-ortho nitro benzene ring substituents is 1. The summed E-state index contributed by atoms with van der Waals surface area (Å²) in [6, 6.07) is 8.37. The van der Waals surface area contributed by atoms with Crippen molar-refractivity contribution in [2.24, 2.45) is 5.10 Å². The highest BCUT2D eigenvalue weighted by atomic mass is 35.5. The van der Waals surface area contributed by atoms with Gasteiger partial charge in [-0.2, -0.15) is 5.10 Å². The van der Waals surface area contributed by atoms with Gasteiger partial charge in [0.05, 0.1) is 22.8 Å². The van der Waals surface area contributed by atoms with Crippen LogP contribution < -0.4 is 14.9 Å². The predicted octanol–water partition coefficient (Wildman–Crippen LogP) is 3.42. The molecular formula is C19H16ClN3O5. The van der Waals surface area contributed by atoms with Crippen LogP contribution in [0, 0.1) is 22.5 Å². The van der Waals surface area contributed by atoms with Gasteiger partial charge in [-0.3, -0.25) is 14.9 Å². The second-order valence-corrected chi connectivity index (χ2v) is 5.67. The maximum absolute atomic E-state index is 12.0. The molecule has 0 fully saturated rings. The largest absolute Gasteiger partial charge is 0.490 e. The average Bonchev–Trinajstić information content (AvgIpc) is 2.67. The van der Waals surface area contributed by atoms with E-state index in [1.54, 1.807) is 12.1 Å². The molecule has 144 valence electrons. The molecule has 2 aromatic rings. The smallest absolute Gasteiger partial charge is 0.271 e. The average molecular weight is 402 g/mol. The van der Waals surface area contributed by atoms with Gasteiger partial charge in [0.2, 0.25) is 0 Å². The van der Waals surface area contributed by atoms with Crippen molar-refractivity contribution in [1.29, 1.82) is 0 Å². The Labute approximate surface area is 166 Å². The number of nitro benzene ring substituents is 1. The number of rotatable bonds is 8. The molecule has 1 N–H and O–H groups in total. The fraction of sp³-hybridized carbons (Fsp3) is 0.158. The Morgan fingerprint density at radius 3 is 2.68 bits per heavy atom. The Bertz CT molecular complexity index is 936. The zero-order valence-corrected chi connectivity index (χ0v) is 15.6. The Balaban J connectivity index is 2.11. The van der Waals surface area contributed by atoms with E-state index in [2.05, 4.69) is 16.4 Å². The van der Waals surface area contributed by atoms with Crippen LogP contribution in [-0.2, 0) is 0 Å². The third kappa shape index (κ3) is 5.46. The van der Waals surface area contributed by atoms with Crippen LogP contribution in [-0.4, -0.2) is 30.3 Å². The number of nitrogens with one attached hydrogen (secondary N) is 1. The number of carbonyl (C=O) groups is 1. The van der Waals surface area contributed by atoms with Gasteiger partial charge < -0.3 is 9.47 Å². The molecule has 0 aliphatic carbocycles. The van der Waals surface area contributed by atoms with E-state index in [1.807, 2.05) is 6.92 Å². The molecule has 0 spiro atoms. The van der Waals surface area contributed by atoms with Gasteiger partial charge >= 0.3 is 0 Å². The van der Waals surface area contributed by atoms with Crippen LogP contribution in [0.5, 0.6) is 11.5 Å². The second kappa shape index (κ2) is 9.94. The van der Waals surface area contributed by atoms with Crippen LogP contribution in [0.4, 0.5) is 5.69 Å². The van der Waals surface area contributed by atoms with Crippen molar-refractivity contribution in [3.8, 4) is 23.8 Å². The lowest BCUT2D eigenvalue weighted by atomic mass is 10.2. The van der Waals surface area contributed by atoms with Gasteiger partial charge in [-0.25, -0.2) is 5.43 Å². The Kier molecular flexibility index (Phi) is 7.37. The van der Waals surface area contributed by atoms with Crippen molar-refractivity contribution in [1.82, 2.24) is 5.43 Å². The van der Waals surface area contributed by atoms with E-state index in [4.69, 9.17) is 27.5 Å². The van der Waals surface area contributed by atoms with Gasteiger partial charge in [-0.1, -0.05) is 17.5 Å². The molecule has 1 amide bonds. The van der Waals surface area contributed by atoms with Crippen LogP contribution in [0.2, 0.25) is 5.02 Å². The van der Waals surface area contributed by atoms with E-state index >= 15 is 0 Å². The highest BCUT2D eigenvalue weighted by Crippen LogP contribution is 2.36. The molecule has 0 saturated heterocycles. The van der Waals surface area contributed by atoms with Gasteiger partial charge in [0.15, 0.2) is 11.5 Å². The number of hydrazone groups is 1. The quantitative estimate of drug-likeness (QED) is 0.316. The molecule has 0 aromatic heterocycles. The van der Waals surface area contributed by atoms with E-state index in [0.717, 1.165) is 0 Å². The highest BCUT2D eigenvalue weighted by Gasteiger charge is 2.12. The summed E-state index contributed by atoms with van der Waals surface area (Å²) >= 11 is 6.21. The number of halogens is 1. The summed E-state index contributed by atoms with van der Waals surface area (Å²) in [7, 11) is 0. The molecule has 0 atom stereocenters. The summed E-state index contributed by atoms with van der Waals surface area (Å²) < 4.78 is 10.9. The van der Waals surface area contributed by atoms with Crippen molar-refractivity contribution in [3.63, 3.8) is 0 Å². The van der Waals surface area contributed by atoms with Crippen LogP contribution in [0.25, 0.3) is 0 Å². The van der Waals surface area contributed by atoms with Gasteiger partial charge in [0, 0.05) is 17.7 Å². The SMILES string of the molecule is C#CCOc1c(Cl)cc(/C=N\NC(=O)c2ccc([N+](=O)[O-])cc2)cc1OCC. The second-order valence-electron chi connectivity index (χ2n) is 5.26. The summed E-state index contributed by atoms with van der Waals surface area (Å²) in [4.78, 5) is 22.1. The van der Waals surface area contributed by atoms with Crippen molar-refractivity contribution in [3.05, 3.63) is 62.7 Å². The molecule has 0 heterocycles. The molecule has 2 rings (SSSR count). The lowest BCUT2D eigenvalue weighted by Gasteiger charge is -2.12. The van der Waals surface area contributed by atoms with Crippen LogP contribution >= 0.6 is 11.6 Å². The topological polar surface area (TPSA) is 103 Å². The maximum Gasteiger partial charge on any atom is 0.271 e. The minimum Gasteiger partial charge on any atom is -0.490 e. The number of ether oxygens (including phenoxy) is 2. The molecular weight excluding hydrogens is 386 g/mol. The lowest BCUT2D eigenvalue weighted by Crippen LogP contribution is -2.17. The fourth-order valence-corrected chi connectivity index (χ4v) is 2.42. The van der Waals surface area contributed by atoms with Crippen LogP contribution in [0.3, 0.4) is 0 Å². The summed E-state index contributed by atoms with van der Waals surface area (Å²) in [5.41, 5.74) is 3.02. The van der Waals surface area contributed by atoms with Crippen LogP contribution in [0.1, 0.15) is 22.8 Å². The molecule has 0 unspecified atom stereocenters. The first-order chi connectivity index (χ1) is 13.5. The number of nitro groups is 1. The number of nitrogens with zero attached hydrogens (tertiary/aromatic N) is 2. The molecule has 2 aromatic carbocycles. The van der Waals surface area contributed by atoms with Crippen molar-refractivity contribution in [2.45, 2.75) is 6.92 Å². The summed E-state index contributed by atoms with van der Waals surface area (Å²) in [6.45, 7) is 2.24. The number of benzene rings is 2. The van der Waals surface area contributed by atoms with Crippen molar-refractivity contribution < 1.29 is 19.2 Å². The maximum atomic E-state index is 12.0. The molecule has 0 bridgehead atoms. The van der Waals surface area contributed by atoms with Crippen molar-refractivity contribution >= 4 is 29.4 Å². The number of amides is 1. The van der Waals surface area contributed by atoms with Gasteiger partial charge in [-0.15, -0.1) is 6.42 Å². The van der Waals surface area contributed by atoms with E-state index in [1.165, 1.54) is 30.5 Å². The number of hydrogen-bond acceptors (Lipinski definition) is 6. The first kappa shape index (κ1) is 20.7. The zero-order valence-electron chi connectivity index (χ0n) is 14.8. The van der Waals surface area contributed by atoms with Gasteiger partial charge in [-0.05, 0) is 36.8 Å². The molecule has 9 heteroatoms. The van der Waals surface area contributed by atoms with Crippen molar-refractivity contribution in [2.75, 3.05) is 13.2 Å². The Morgan fingerprint density at radius 1 is 1.36 bits per heavy atom. The molecule has 0 saturated carbocycles. The first-order valence-electron chi connectivity index (χ1n) is 8.06. The van der Waals surface area contributed by atoms with E-state index in [-0.39, 0.29) is 22.9 Å². The van der Waals surface area contributed by atoms with Crippen LogP contribution in [0.15, 0.2) is 41.5 Å². The zero-order chi connectivity index (χ0) is 20.5. The third-order valence-electron chi connectivity index (χ3n) is 3.35. The van der Waals surface area contributed by atoms with E-state index in [9.17, 15) is 14.9 Å². The molecule has 0 aliphatic rings. The monoisotopic (exact) mass is 401 g/mol. The van der Waals surface area contributed by atoms with E-state index < -0.39 is 10.8 Å². The minimum atomic E-state index is -0.545. The highest BCUT2D eigenvalue weighted by molar-refractivity contribution is 6.32. The molecule has 0 radical (unpaired) electrons. The number of hydrogen-bond donors (Lipinski definition) is 1. The Hall–Kier alpha value is -3.57. The predicted molar refractivity (Wildman–Crippen MR) is 105 cm³/mol. The number of terminal acetylenes is 1. The Morgan fingerprint density at radius 2 is 2.07 bits per heavy atom. The molecule has 0 aliphatic heterocycles. The first-order valence-corrected chi connectivity index (χ1v) is 8.44. The molecule has 8 nitrogen and oxygen atoms in total. The fourth-order valence-electron chi connectivity index (χ4n) is 2.14.